The molecule has 2 aromatic carbocycles. The van der Waals surface area contributed by atoms with Gasteiger partial charge in [-0.2, -0.15) is 5.10 Å². The van der Waals surface area contributed by atoms with Gasteiger partial charge in [0.2, 0.25) is 6.79 Å². The van der Waals surface area contributed by atoms with Crippen molar-refractivity contribution < 1.29 is 14.3 Å². The third kappa shape index (κ3) is 5.18. The number of fused-ring (bicyclic) bond motifs is 2. The van der Waals surface area contributed by atoms with E-state index in [2.05, 4.69) is 52.0 Å². The number of aromatic nitrogens is 2. The van der Waals surface area contributed by atoms with Crippen molar-refractivity contribution in [1.82, 2.24) is 15.1 Å². The van der Waals surface area contributed by atoms with Crippen molar-refractivity contribution >= 4 is 34.8 Å². The van der Waals surface area contributed by atoms with Crippen LogP contribution in [0.2, 0.25) is 0 Å². The van der Waals surface area contributed by atoms with Gasteiger partial charge in [0.05, 0.1) is 5.52 Å². The lowest BCUT2D eigenvalue weighted by molar-refractivity contribution is 0.102. The lowest BCUT2D eigenvalue weighted by Gasteiger charge is -2.30. The molecule has 1 aromatic heterocycles. The molecule has 2 N–H and O–H groups in total. The molecule has 0 bridgehead atoms. The average Bonchev–Trinajstić information content (AvgIpc) is 3.51. The molecule has 186 valence electrons. The van der Waals surface area contributed by atoms with Crippen LogP contribution in [0.25, 0.3) is 16.5 Å². The molecule has 0 aliphatic carbocycles. The molecule has 36 heavy (non-hydrogen) atoms. The molecular weight excluding hydrogens is 454 g/mol. The molecule has 8 nitrogen and oxygen atoms in total. The predicted octanol–water partition coefficient (Wildman–Crippen LogP) is 5.26. The molecule has 3 aromatic rings. The number of rotatable bonds is 7. The number of anilines is 1. The molecule has 0 atom stereocenters. The second-order valence-corrected chi connectivity index (χ2v) is 9.53. The van der Waals surface area contributed by atoms with Crippen molar-refractivity contribution in [3.05, 3.63) is 65.5 Å². The lowest BCUT2D eigenvalue weighted by Crippen LogP contribution is -2.34. The second kappa shape index (κ2) is 10.4. The van der Waals surface area contributed by atoms with Crippen LogP contribution in [0.3, 0.4) is 0 Å². The SMILES string of the molecule is C=N/C=C(\C=C(/C)c1ccc2[nH]nc(C(=O)Nc3ccc4c(c3)OCO4)c2c1)CN1CCC(C)CC1. The number of ether oxygens (including phenoxy) is 2. The Hall–Kier alpha value is -3.91. The molecule has 3 heterocycles. The first-order valence-corrected chi connectivity index (χ1v) is 12.2. The topological polar surface area (TPSA) is 91.8 Å². The van der Waals surface area contributed by atoms with Gasteiger partial charge < -0.3 is 14.8 Å². The highest BCUT2D eigenvalue weighted by atomic mass is 16.7. The summed E-state index contributed by atoms with van der Waals surface area (Å²) in [5.41, 5.74) is 4.97. The van der Waals surface area contributed by atoms with E-state index < -0.39 is 0 Å². The van der Waals surface area contributed by atoms with Crippen LogP contribution in [-0.2, 0) is 0 Å². The van der Waals surface area contributed by atoms with Crippen LogP contribution in [0.5, 0.6) is 11.5 Å². The number of piperidine rings is 1. The monoisotopic (exact) mass is 485 g/mol. The standard InChI is InChI=1S/C28H31N5O3/c1-18-8-10-33(11-9-18)16-20(15-29-3)12-19(2)21-4-6-24-23(13-21)27(32-31-24)28(34)30-22-5-7-25-26(14-22)36-17-35-25/h4-7,12-15,18H,3,8-11,16-17H2,1-2H3,(H,30,34)(H,31,32)/b19-12+,20-15+. The number of allylic oxidation sites excluding steroid dienone is 1. The van der Waals surface area contributed by atoms with Crippen molar-refractivity contribution in [3.63, 3.8) is 0 Å². The summed E-state index contributed by atoms with van der Waals surface area (Å²) in [5, 5.41) is 10.9. The Morgan fingerprint density at radius 2 is 2.03 bits per heavy atom. The quantitative estimate of drug-likeness (QED) is 0.352. The first-order valence-electron chi connectivity index (χ1n) is 12.2. The number of benzene rings is 2. The van der Waals surface area contributed by atoms with E-state index in [-0.39, 0.29) is 12.7 Å². The van der Waals surface area contributed by atoms with Crippen LogP contribution in [0, 0.1) is 5.92 Å². The number of H-pyrrole nitrogens is 1. The predicted molar refractivity (Wildman–Crippen MR) is 143 cm³/mol. The summed E-state index contributed by atoms with van der Waals surface area (Å²) >= 11 is 0. The molecule has 1 saturated heterocycles. The second-order valence-electron chi connectivity index (χ2n) is 9.53. The van der Waals surface area contributed by atoms with Crippen LogP contribution < -0.4 is 14.8 Å². The summed E-state index contributed by atoms with van der Waals surface area (Å²) in [7, 11) is 0. The van der Waals surface area contributed by atoms with Crippen molar-refractivity contribution in [3.8, 4) is 11.5 Å². The minimum atomic E-state index is -0.297. The number of carbonyl (C=O) groups is 1. The van der Waals surface area contributed by atoms with E-state index in [0.29, 0.717) is 22.9 Å². The van der Waals surface area contributed by atoms with Gasteiger partial charge in [0.25, 0.3) is 5.91 Å². The van der Waals surface area contributed by atoms with Crippen LogP contribution in [0.15, 0.2) is 59.2 Å². The minimum Gasteiger partial charge on any atom is -0.454 e. The Kier molecular flexibility index (Phi) is 6.86. The van der Waals surface area contributed by atoms with Gasteiger partial charge in [-0.3, -0.25) is 19.8 Å². The highest BCUT2D eigenvalue weighted by molar-refractivity contribution is 6.11. The number of hydrogen-bond donors (Lipinski definition) is 2. The van der Waals surface area contributed by atoms with Gasteiger partial charge >= 0.3 is 0 Å². The maximum Gasteiger partial charge on any atom is 0.276 e. The molecule has 1 fully saturated rings. The molecule has 0 saturated carbocycles. The first-order chi connectivity index (χ1) is 17.5. The summed E-state index contributed by atoms with van der Waals surface area (Å²) in [4.78, 5) is 19.6. The number of likely N-dealkylation sites (tertiary alicyclic amines) is 1. The van der Waals surface area contributed by atoms with E-state index in [1.165, 1.54) is 12.8 Å². The summed E-state index contributed by atoms with van der Waals surface area (Å²) in [6, 6.07) is 11.3. The van der Waals surface area contributed by atoms with Gasteiger partial charge in [-0.05, 0) is 86.5 Å². The zero-order valence-electron chi connectivity index (χ0n) is 20.7. The van der Waals surface area contributed by atoms with Crippen LogP contribution >= 0.6 is 0 Å². The Labute approximate surface area is 210 Å². The summed E-state index contributed by atoms with van der Waals surface area (Å²) in [5.74, 6) is 1.77. The van der Waals surface area contributed by atoms with Gasteiger partial charge in [0, 0.05) is 29.9 Å². The third-order valence-corrected chi connectivity index (χ3v) is 6.81. The minimum absolute atomic E-state index is 0.184. The number of nitrogens with one attached hydrogen (secondary N) is 2. The maximum absolute atomic E-state index is 13.1. The van der Waals surface area contributed by atoms with E-state index in [0.717, 1.165) is 53.2 Å². The van der Waals surface area contributed by atoms with Crippen LogP contribution in [0.1, 0.15) is 42.7 Å². The van der Waals surface area contributed by atoms with Crippen LogP contribution in [0.4, 0.5) is 5.69 Å². The zero-order valence-corrected chi connectivity index (χ0v) is 20.7. The zero-order chi connectivity index (χ0) is 25.1. The van der Waals surface area contributed by atoms with Gasteiger partial charge in [-0.15, -0.1) is 0 Å². The van der Waals surface area contributed by atoms with Crippen molar-refractivity contribution in [2.75, 3.05) is 31.7 Å². The van der Waals surface area contributed by atoms with E-state index in [1.807, 2.05) is 24.4 Å². The highest BCUT2D eigenvalue weighted by Crippen LogP contribution is 2.34. The molecule has 0 unspecified atom stereocenters. The van der Waals surface area contributed by atoms with Crippen molar-refractivity contribution in [2.24, 2.45) is 10.9 Å². The molecule has 5 rings (SSSR count). The van der Waals surface area contributed by atoms with Gasteiger partial charge in [0.1, 0.15) is 0 Å². The fourth-order valence-corrected chi connectivity index (χ4v) is 4.68. The number of aliphatic imine (C=N–C) groups is 1. The fraction of sp³-hybridized carbons (Fsp3) is 0.321. The molecule has 0 radical (unpaired) electrons. The van der Waals surface area contributed by atoms with Gasteiger partial charge in [-0.25, -0.2) is 0 Å². The van der Waals surface area contributed by atoms with E-state index >= 15 is 0 Å². The smallest absolute Gasteiger partial charge is 0.276 e. The van der Waals surface area contributed by atoms with Gasteiger partial charge in [0.15, 0.2) is 17.2 Å². The number of aromatic amines is 1. The third-order valence-electron chi connectivity index (χ3n) is 6.81. The molecular formula is C28H31N5O3. The van der Waals surface area contributed by atoms with E-state index in [9.17, 15) is 4.79 Å². The molecule has 2 aliphatic heterocycles. The maximum atomic E-state index is 13.1. The molecule has 8 heteroatoms. The normalized spacial score (nSPS) is 16.9. The molecule has 2 aliphatic rings. The lowest BCUT2D eigenvalue weighted by atomic mass is 9.98. The average molecular weight is 486 g/mol. The summed E-state index contributed by atoms with van der Waals surface area (Å²) in [6.07, 6.45) is 6.44. The Bertz CT molecular complexity index is 1350. The molecule has 1 amide bonds. The van der Waals surface area contributed by atoms with Gasteiger partial charge in [-0.1, -0.05) is 19.1 Å². The molecule has 0 spiro atoms. The van der Waals surface area contributed by atoms with Crippen molar-refractivity contribution in [1.29, 1.82) is 0 Å². The summed E-state index contributed by atoms with van der Waals surface area (Å²) < 4.78 is 10.7. The first kappa shape index (κ1) is 23.8. The number of nitrogens with zero attached hydrogens (tertiary/aromatic N) is 3. The highest BCUT2D eigenvalue weighted by Gasteiger charge is 2.19. The number of carbonyl (C=O) groups excluding carboxylic acids is 1. The summed E-state index contributed by atoms with van der Waals surface area (Å²) in [6.45, 7) is 11.3. The van der Waals surface area contributed by atoms with E-state index in [1.54, 1.807) is 18.2 Å². The Morgan fingerprint density at radius 3 is 2.83 bits per heavy atom. The Morgan fingerprint density at radius 1 is 1.22 bits per heavy atom. The number of amides is 1. The van der Waals surface area contributed by atoms with Crippen LogP contribution in [-0.4, -0.2) is 54.1 Å². The Balaban J connectivity index is 1.35. The number of hydrogen-bond acceptors (Lipinski definition) is 6. The van der Waals surface area contributed by atoms with Crippen molar-refractivity contribution in [2.45, 2.75) is 26.7 Å². The van der Waals surface area contributed by atoms with E-state index in [4.69, 9.17) is 9.47 Å². The largest absolute Gasteiger partial charge is 0.454 e. The fourth-order valence-electron chi connectivity index (χ4n) is 4.68.